The van der Waals surface area contributed by atoms with E-state index in [-0.39, 0.29) is 17.5 Å². The molecule has 1 unspecified atom stereocenters. The van der Waals surface area contributed by atoms with Gasteiger partial charge < -0.3 is 5.32 Å². The zero-order valence-electron chi connectivity index (χ0n) is 15.9. The molecule has 5 rings (SSSR count). The third-order valence-corrected chi connectivity index (χ3v) is 7.15. The van der Waals surface area contributed by atoms with E-state index in [0.717, 1.165) is 24.3 Å². The Morgan fingerprint density at radius 3 is 2.28 bits per heavy atom. The number of nitrogens with zero attached hydrogens (tertiary/aromatic N) is 1. The van der Waals surface area contributed by atoms with Gasteiger partial charge in [-0.05, 0) is 88.3 Å². The maximum atomic E-state index is 13.0. The second-order valence-corrected chi connectivity index (χ2v) is 9.20. The lowest BCUT2D eigenvalue weighted by Crippen LogP contribution is -2.62. The topological polar surface area (TPSA) is 32.3 Å². The van der Waals surface area contributed by atoms with E-state index in [9.17, 15) is 4.79 Å². The van der Waals surface area contributed by atoms with Crippen LogP contribution in [0.4, 0.5) is 0 Å². The van der Waals surface area contributed by atoms with Crippen molar-refractivity contribution < 1.29 is 4.79 Å². The van der Waals surface area contributed by atoms with Crippen molar-refractivity contribution in [2.75, 3.05) is 7.05 Å². The SMILES string of the molecule is Cc1ccccc1CN(C)C(C)C(=O)NC12CC3CC(CC(C3)C1)C2. The number of carbonyl (C=O) groups is 1. The van der Waals surface area contributed by atoms with Crippen LogP contribution in [0, 0.1) is 24.7 Å². The summed E-state index contributed by atoms with van der Waals surface area (Å²) in [7, 11) is 2.07. The van der Waals surface area contributed by atoms with Gasteiger partial charge in [-0.2, -0.15) is 0 Å². The van der Waals surface area contributed by atoms with Crippen molar-refractivity contribution in [2.45, 2.75) is 70.5 Å². The van der Waals surface area contributed by atoms with Crippen LogP contribution in [0.15, 0.2) is 24.3 Å². The summed E-state index contributed by atoms with van der Waals surface area (Å²) in [6, 6.07) is 8.37. The minimum absolute atomic E-state index is 0.0902. The Kier molecular flexibility index (Phi) is 4.39. The Hall–Kier alpha value is -1.35. The van der Waals surface area contributed by atoms with E-state index in [1.54, 1.807) is 0 Å². The van der Waals surface area contributed by atoms with Gasteiger partial charge in [-0.1, -0.05) is 24.3 Å². The first kappa shape index (κ1) is 17.1. The molecule has 0 aliphatic heterocycles. The van der Waals surface area contributed by atoms with Crippen LogP contribution in [-0.2, 0) is 11.3 Å². The van der Waals surface area contributed by atoms with Gasteiger partial charge in [0.05, 0.1) is 6.04 Å². The maximum Gasteiger partial charge on any atom is 0.237 e. The number of rotatable bonds is 5. The Morgan fingerprint density at radius 2 is 1.72 bits per heavy atom. The van der Waals surface area contributed by atoms with Gasteiger partial charge >= 0.3 is 0 Å². The number of carbonyl (C=O) groups excluding carboxylic acids is 1. The lowest BCUT2D eigenvalue weighted by atomic mass is 9.53. The second-order valence-electron chi connectivity index (χ2n) is 9.20. The third-order valence-electron chi connectivity index (χ3n) is 7.15. The largest absolute Gasteiger partial charge is 0.349 e. The third kappa shape index (κ3) is 3.36. The molecular formula is C22H32N2O. The van der Waals surface area contributed by atoms with Gasteiger partial charge in [0.15, 0.2) is 0 Å². The van der Waals surface area contributed by atoms with E-state index < -0.39 is 0 Å². The highest BCUT2D eigenvalue weighted by molar-refractivity contribution is 5.82. The summed E-state index contributed by atoms with van der Waals surface area (Å²) in [5, 5.41) is 3.53. The Morgan fingerprint density at radius 1 is 1.16 bits per heavy atom. The van der Waals surface area contributed by atoms with E-state index in [4.69, 9.17) is 0 Å². The molecular weight excluding hydrogens is 308 g/mol. The molecule has 0 heterocycles. The minimum atomic E-state index is -0.0902. The van der Waals surface area contributed by atoms with Gasteiger partial charge in [-0.15, -0.1) is 0 Å². The fourth-order valence-electron chi connectivity index (χ4n) is 6.02. The monoisotopic (exact) mass is 340 g/mol. The summed E-state index contributed by atoms with van der Waals surface area (Å²) in [4.78, 5) is 15.2. The molecule has 1 atom stereocenters. The Balaban J connectivity index is 1.40. The van der Waals surface area contributed by atoms with E-state index in [2.05, 4.69) is 48.5 Å². The van der Waals surface area contributed by atoms with Crippen molar-refractivity contribution in [1.82, 2.24) is 10.2 Å². The summed E-state index contributed by atoms with van der Waals surface area (Å²) in [5.74, 6) is 2.82. The normalized spacial score (nSPS) is 34.3. The molecule has 0 aromatic heterocycles. The Bertz CT molecular complexity index is 618. The second kappa shape index (κ2) is 6.42. The molecule has 0 spiro atoms. The summed E-state index contributed by atoms with van der Waals surface area (Å²) < 4.78 is 0. The van der Waals surface area contributed by atoms with Gasteiger partial charge in [0.25, 0.3) is 0 Å². The fourth-order valence-corrected chi connectivity index (χ4v) is 6.02. The molecule has 1 aromatic rings. The van der Waals surface area contributed by atoms with Crippen LogP contribution in [0.25, 0.3) is 0 Å². The van der Waals surface area contributed by atoms with Crippen molar-refractivity contribution in [3.63, 3.8) is 0 Å². The van der Waals surface area contributed by atoms with Gasteiger partial charge in [-0.3, -0.25) is 9.69 Å². The van der Waals surface area contributed by atoms with Crippen LogP contribution in [0.1, 0.15) is 56.6 Å². The van der Waals surface area contributed by atoms with Crippen LogP contribution < -0.4 is 5.32 Å². The maximum absolute atomic E-state index is 13.0. The minimum Gasteiger partial charge on any atom is -0.349 e. The average Bonchev–Trinajstić information content (AvgIpc) is 2.54. The van der Waals surface area contributed by atoms with Gasteiger partial charge in [-0.25, -0.2) is 0 Å². The van der Waals surface area contributed by atoms with Crippen molar-refractivity contribution in [1.29, 1.82) is 0 Å². The van der Waals surface area contributed by atoms with Crippen LogP contribution in [0.3, 0.4) is 0 Å². The van der Waals surface area contributed by atoms with E-state index >= 15 is 0 Å². The van der Waals surface area contributed by atoms with E-state index in [1.807, 2.05) is 6.92 Å². The smallest absolute Gasteiger partial charge is 0.237 e. The van der Waals surface area contributed by atoms with Gasteiger partial charge in [0.2, 0.25) is 5.91 Å². The molecule has 3 heteroatoms. The van der Waals surface area contributed by atoms with Crippen LogP contribution in [0.5, 0.6) is 0 Å². The quantitative estimate of drug-likeness (QED) is 0.882. The van der Waals surface area contributed by atoms with Gasteiger partial charge in [0.1, 0.15) is 0 Å². The molecule has 1 aromatic carbocycles. The first-order chi connectivity index (χ1) is 11.9. The number of hydrogen-bond acceptors (Lipinski definition) is 2. The van der Waals surface area contributed by atoms with E-state index in [1.165, 1.54) is 49.7 Å². The fraction of sp³-hybridized carbons (Fsp3) is 0.682. The first-order valence-corrected chi connectivity index (χ1v) is 10.0. The predicted octanol–water partition coefficient (Wildman–Crippen LogP) is 3.90. The van der Waals surface area contributed by atoms with Crippen molar-refractivity contribution >= 4 is 5.91 Å². The van der Waals surface area contributed by atoms with Crippen LogP contribution in [-0.4, -0.2) is 29.4 Å². The predicted molar refractivity (Wildman–Crippen MR) is 101 cm³/mol. The number of aryl methyl sites for hydroxylation is 1. The van der Waals surface area contributed by atoms with E-state index in [0.29, 0.717) is 0 Å². The molecule has 25 heavy (non-hydrogen) atoms. The van der Waals surface area contributed by atoms with Crippen molar-refractivity contribution in [3.05, 3.63) is 35.4 Å². The zero-order valence-corrected chi connectivity index (χ0v) is 15.9. The van der Waals surface area contributed by atoms with Crippen molar-refractivity contribution in [2.24, 2.45) is 17.8 Å². The summed E-state index contributed by atoms with van der Waals surface area (Å²) in [6.07, 6.45) is 7.91. The summed E-state index contributed by atoms with van der Waals surface area (Å²) >= 11 is 0. The highest BCUT2D eigenvalue weighted by Crippen LogP contribution is 2.55. The standard InChI is InChI=1S/C22H32N2O/c1-15-6-4-5-7-20(15)14-24(3)16(2)21(25)23-22-11-17-8-18(12-22)10-19(9-17)13-22/h4-7,16-19H,8-14H2,1-3H3,(H,23,25). The number of amides is 1. The molecule has 1 amide bonds. The lowest BCUT2D eigenvalue weighted by Gasteiger charge is -2.57. The molecule has 1 N–H and O–H groups in total. The number of benzene rings is 1. The van der Waals surface area contributed by atoms with Gasteiger partial charge in [0, 0.05) is 12.1 Å². The molecule has 4 saturated carbocycles. The van der Waals surface area contributed by atoms with Crippen molar-refractivity contribution in [3.8, 4) is 0 Å². The molecule has 0 saturated heterocycles. The summed E-state index contributed by atoms with van der Waals surface area (Å²) in [5.41, 5.74) is 2.71. The zero-order chi connectivity index (χ0) is 17.6. The number of hydrogen-bond donors (Lipinski definition) is 1. The highest BCUT2D eigenvalue weighted by Gasteiger charge is 2.51. The van der Waals surface area contributed by atoms with Crippen LogP contribution >= 0.6 is 0 Å². The molecule has 136 valence electrons. The first-order valence-electron chi connectivity index (χ1n) is 10.0. The molecule has 3 nitrogen and oxygen atoms in total. The molecule has 4 aliphatic carbocycles. The lowest BCUT2D eigenvalue weighted by molar-refractivity contribution is -0.131. The Labute approximate surface area is 152 Å². The number of nitrogens with one attached hydrogen (secondary N) is 1. The molecule has 4 fully saturated rings. The molecule has 4 bridgehead atoms. The van der Waals surface area contributed by atoms with Crippen LogP contribution in [0.2, 0.25) is 0 Å². The average molecular weight is 341 g/mol. The molecule has 4 aliphatic rings. The highest BCUT2D eigenvalue weighted by atomic mass is 16.2. The molecule has 0 radical (unpaired) electrons. The number of likely N-dealkylation sites (N-methyl/N-ethyl adjacent to an activating group) is 1. The summed E-state index contributed by atoms with van der Waals surface area (Å²) in [6.45, 7) is 5.01.